The van der Waals surface area contributed by atoms with Crippen molar-refractivity contribution >= 4 is 29.3 Å². The third-order valence-corrected chi connectivity index (χ3v) is 5.41. The summed E-state index contributed by atoms with van der Waals surface area (Å²) in [4.78, 5) is 34.0. The van der Waals surface area contributed by atoms with Crippen molar-refractivity contribution in [3.63, 3.8) is 0 Å². The van der Waals surface area contributed by atoms with Gasteiger partial charge in [-0.3, -0.25) is 4.79 Å². The SMILES string of the molecule is COC(=O)c1ccccc1N(C)C(=O)CSc1nc(Cc2ccccc2)c(C)[nH]1. The predicted octanol–water partition coefficient (Wildman–Crippen LogP) is 3.85. The molecule has 2 aromatic carbocycles. The van der Waals surface area contributed by atoms with Gasteiger partial charge in [0.15, 0.2) is 5.16 Å². The summed E-state index contributed by atoms with van der Waals surface area (Å²) in [6.07, 6.45) is 0.740. The van der Waals surface area contributed by atoms with Crippen LogP contribution in [0.15, 0.2) is 59.8 Å². The first-order valence-corrected chi connectivity index (χ1v) is 10.1. The zero-order chi connectivity index (χ0) is 20.8. The van der Waals surface area contributed by atoms with Gasteiger partial charge in [-0.1, -0.05) is 54.2 Å². The Labute approximate surface area is 174 Å². The topological polar surface area (TPSA) is 75.3 Å². The molecule has 3 rings (SSSR count). The van der Waals surface area contributed by atoms with E-state index in [0.29, 0.717) is 16.4 Å². The first-order chi connectivity index (χ1) is 14.0. The van der Waals surface area contributed by atoms with E-state index in [1.165, 1.54) is 29.3 Å². The molecule has 6 nitrogen and oxygen atoms in total. The van der Waals surface area contributed by atoms with Crippen LogP contribution in [0.4, 0.5) is 5.69 Å². The Bertz CT molecular complexity index is 1000. The Hall–Kier alpha value is -3.06. The highest BCUT2D eigenvalue weighted by Gasteiger charge is 2.19. The number of esters is 1. The summed E-state index contributed by atoms with van der Waals surface area (Å²) in [5.41, 5.74) is 4.03. The number of methoxy groups -OCH3 is 1. The van der Waals surface area contributed by atoms with E-state index in [1.54, 1.807) is 31.3 Å². The fourth-order valence-electron chi connectivity index (χ4n) is 2.91. The zero-order valence-electron chi connectivity index (χ0n) is 16.6. The van der Waals surface area contributed by atoms with E-state index in [2.05, 4.69) is 22.1 Å². The summed E-state index contributed by atoms with van der Waals surface area (Å²) >= 11 is 1.34. The van der Waals surface area contributed by atoms with Crippen molar-refractivity contribution < 1.29 is 14.3 Å². The number of rotatable bonds is 7. The molecule has 1 N–H and O–H groups in total. The summed E-state index contributed by atoms with van der Waals surface area (Å²) in [6.45, 7) is 1.98. The number of nitrogens with zero attached hydrogens (tertiary/aromatic N) is 2. The first kappa shape index (κ1) is 20.7. The lowest BCUT2D eigenvalue weighted by molar-refractivity contribution is -0.115. The van der Waals surface area contributed by atoms with Gasteiger partial charge in [-0.05, 0) is 24.6 Å². The normalized spacial score (nSPS) is 10.6. The molecule has 0 radical (unpaired) electrons. The Morgan fingerprint density at radius 1 is 1.10 bits per heavy atom. The Morgan fingerprint density at radius 3 is 2.52 bits per heavy atom. The molecule has 7 heteroatoms. The number of thioether (sulfide) groups is 1. The lowest BCUT2D eigenvalue weighted by Crippen LogP contribution is -2.29. The van der Waals surface area contributed by atoms with Gasteiger partial charge in [0.05, 0.1) is 29.8 Å². The predicted molar refractivity (Wildman–Crippen MR) is 114 cm³/mol. The van der Waals surface area contributed by atoms with Crippen molar-refractivity contribution in [1.29, 1.82) is 0 Å². The van der Waals surface area contributed by atoms with Gasteiger partial charge in [-0.15, -0.1) is 0 Å². The molecule has 0 atom stereocenters. The standard InChI is InChI=1S/C22H23N3O3S/c1-15-18(13-16-9-5-4-6-10-16)24-22(23-15)29-14-20(26)25(2)19-12-8-7-11-17(19)21(27)28-3/h4-12H,13-14H2,1-3H3,(H,23,24). The number of carbonyl (C=O) groups excluding carboxylic acids is 2. The lowest BCUT2D eigenvalue weighted by Gasteiger charge is -2.19. The Balaban J connectivity index is 1.65. The number of H-pyrrole nitrogens is 1. The van der Waals surface area contributed by atoms with Gasteiger partial charge < -0.3 is 14.6 Å². The average molecular weight is 410 g/mol. The number of hydrogen-bond donors (Lipinski definition) is 1. The van der Waals surface area contributed by atoms with Crippen molar-refractivity contribution in [3.8, 4) is 0 Å². The molecule has 0 bridgehead atoms. The monoisotopic (exact) mass is 409 g/mol. The number of ether oxygens (including phenoxy) is 1. The van der Waals surface area contributed by atoms with E-state index < -0.39 is 5.97 Å². The smallest absolute Gasteiger partial charge is 0.339 e. The van der Waals surface area contributed by atoms with Crippen LogP contribution in [0, 0.1) is 6.92 Å². The molecule has 0 spiro atoms. The van der Waals surface area contributed by atoms with Crippen LogP contribution in [0.3, 0.4) is 0 Å². The number of amides is 1. The summed E-state index contributed by atoms with van der Waals surface area (Å²) in [5.74, 6) is -0.408. The van der Waals surface area contributed by atoms with Crippen LogP contribution in [0.1, 0.15) is 27.3 Å². The fourth-order valence-corrected chi connectivity index (χ4v) is 3.76. The molecule has 0 aliphatic rings. The van der Waals surface area contributed by atoms with Crippen LogP contribution in [-0.4, -0.2) is 41.8 Å². The molecule has 1 aromatic heterocycles. The number of aryl methyl sites for hydroxylation is 1. The summed E-state index contributed by atoms with van der Waals surface area (Å²) < 4.78 is 4.80. The van der Waals surface area contributed by atoms with Gasteiger partial charge in [0.2, 0.25) is 5.91 Å². The van der Waals surface area contributed by atoms with Crippen LogP contribution < -0.4 is 4.90 Å². The first-order valence-electron chi connectivity index (χ1n) is 9.15. The van der Waals surface area contributed by atoms with Crippen LogP contribution in [-0.2, 0) is 16.0 Å². The van der Waals surface area contributed by atoms with Crippen molar-refractivity contribution in [2.75, 3.05) is 24.8 Å². The second-order valence-corrected chi connectivity index (χ2v) is 7.49. The summed E-state index contributed by atoms with van der Waals surface area (Å²) in [5, 5.41) is 0.705. The molecule has 0 saturated carbocycles. The van der Waals surface area contributed by atoms with Crippen LogP contribution in [0.2, 0.25) is 0 Å². The van der Waals surface area contributed by atoms with E-state index in [-0.39, 0.29) is 11.7 Å². The van der Waals surface area contributed by atoms with Crippen molar-refractivity contribution in [1.82, 2.24) is 9.97 Å². The minimum absolute atomic E-state index is 0.134. The molecule has 1 amide bonds. The molecular formula is C22H23N3O3S. The maximum absolute atomic E-state index is 12.7. The molecule has 0 fully saturated rings. The maximum Gasteiger partial charge on any atom is 0.339 e. The molecule has 150 valence electrons. The number of imidazole rings is 1. The van der Waals surface area contributed by atoms with Gasteiger partial charge in [-0.2, -0.15) is 0 Å². The van der Waals surface area contributed by atoms with Crippen LogP contribution in [0.5, 0.6) is 0 Å². The van der Waals surface area contributed by atoms with Crippen molar-refractivity contribution in [2.24, 2.45) is 0 Å². The number of nitrogens with one attached hydrogen (secondary N) is 1. The molecule has 1 heterocycles. The quantitative estimate of drug-likeness (QED) is 0.474. The third-order valence-electron chi connectivity index (χ3n) is 4.56. The molecule has 3 aromatic rings. The number of aromatic nitrogens is 2. The molecule has 0 saturated heterocycles. The number of aromatic amines is 1. The third kappa shape index (κ3) is 5.06. The highest BCUT2D eigenvalue weighted by molar-refractivity contribution is 7.99. The van der Waals surface area contributed by atoms with Gasteiger partial charge in [0.1, 0.15) is 0 Å². The van der Waals surface area contributed by atoms with Gasteiger partial charge >= 0.3 is 5.97 Å². The highest BCUT2D eigenvalue weighted by atomic mass is 32.2. The summed E-state index contributed by atoms with van der Waals surface area (Å²) in [6, 6.07) is 17.0. The largest absolute Gasteiger partial charge is 0.465 e. The molecule has 0 unspecified atom stereocenters. The maximum atomic E-state index is 12.7. The number of hydrogen-bond acceptors (Lipinski definition) is 5. The Kier molecular flexibility index (Phi) is 6.72. The second kappa shape index (κ2) is 9.43. The number of para-hydroxylation sites is 1. The van der Waals surface area contributed by atoms with E-state index in [1.807, 2.05) is 25.1 Å². The fraction of sp³-hybridized carbons (Fsp3) is 0.227. The van der Waals surface area contributed by atoms with Gasteiger partial charge in [-0.25, -0.2) is 9.78 Å². The van der Waals surface area contributed by atoms with Crippen molar-refractivity contribution in [2.45, 2.75) is 18.5 Å². The number of carbonyl (C=O) groups is 2. The highest BCUT2D eigenvalue weighted by Crippen LogP contribution is 2.23. The van der Waals surface area contributed by atoms with Crippen LogP contribution >= 0.6 is 11.8 Å². The molecular weight excluding hydrogens is 386 g/mol. The van der Waals surface area contributed by atoms with E-state index in [9.17, 15) is 9.59 Å². The van der Waals surface area contributed by atoms with E-state index >= 15 is 0 Å². The number of benzene rings is 2. The van der Waals surface area contributed by atoms with Gasteiger partial charge in [0.25, 0.3) is 0 Å². The second-order valence-electron chi connectivity index (χ2n) is 6.53. The summed E-state index contributed by atoms with van der Waals surface area (Å²) in [7, 11) is 2.97. The molecule has 29 heavy (non-hydrogen) atoms. The van der Waals surface area contributed by atoms with Crippen LogP contribution in [0.25, 0.3) is 0 Å². The molecule has 0 aliphatic carbocycles. The number of anilines is 1. The van der Waals surface area contributed by atoms with Crippen molar-refractivity contribution in [3.05, 3.63) is 77.1 Å². The molecule has 0 aliphatic heterocycles. The van der Waals surface area contributed by atoms with E-state index in [4.69, 9.17) is 4.74 Å². The average Bonchev–Trinajstić information content (AvgIpc) is 3.10. The minimum Gasteiger partial charge on any atom is -0.465 e. The van der Waals surface area contributed by atoms with E-state index in [0.717, 1.165) is 17.8 Å². The Morgan fingerprint density at radius 2 is 1.79 bits per heavy atom. The minimum atomic E-state index is -0.472. The zero-order valence-corrected chi connectivity index (χ0v) is 17.5. The van der Waals surface area contributed by atoms with Gasteiger partial charge in [0, 0.05) is 19.2 Å². The lowest BCUT2D eigenvalue weighted by atomic mass is 10.1.